The van der Waals surface area contributed by atoms with Crippen molar-refractivity contribution in [1.82, 2.24) is 5.32 Å². The van der Waals surface area contributed by atoms with Crippen LogP contribution in [0.2, 0.25) is 5.02 Å². The summed E-state index contributed by atoms with van der Waals surface area (Å²) in [6.07, 6.45) is 6.20. The van der Waals surface area contributed by atoms with E-state index >= 15 is 0 Å². The standard InChI is InChI=1S/C18H20ClNO3/c19-11-4-5-15-12(9-11)17(21)13(10-23-15)16-14-3-1-2-6-18(14,22)7-8-20-16/h4-5,9-10,14,16,20,22H,1-3,6-8H2/t14-,16-,18-/m1/s1. The Hall–Kier alpha value is -1.36. The van der Waals surface area contributed by atoms with E-state index < -0.39 is 5.60 Å². The molecule has 1 saturated carbocycles. The van der Waals surface area contributed by atoms with E-state index in [1.54, 1.807) is 24.5 Å². The second-order valence-electron chi connectivity index (χ2n) is 6.80. The molecular formula is C18H20ClNO3. The van der Waals surface area contributed by atoms with Gasteiger partial charge < -0.3 is 14.8 Å². The van der Waals surface area contributed by atoms with Gasteiger partial charge in [-0.15, -0.1) is 0 Å². The first-order chi connectivity index (χ1) is 11.1. The van der Waals surface area contributed by atoms with Crippen molar-refractivity contribution in [3.63, 3.8) is 0 Å². The van der Waals surface area contributed by atoms with E-state index in [9.17, 15) is 9.90 Å². The number of hydrogen-bond acceptors (Lipinski definition) is 4. The maximum Gasteiger partial charge on any atom is 0.197 e. The SMILES string of the molecule is O=c1c([C@H]2NCC[C@]3(O)CCCC[C@H]23)coc2ccc(Cl)cc12. The number of fused-ring (bicyclic) bond motifs is 2. The molecule has 3 atom stereocenters. The predicted octanol–water partition coefficient (Wildman–Crippen LogP) is 3.40. The molecule has 2 N–H and O–H groups in total. The molecule has 0 amide bonds. The van der Waals surface area contributed by atoms with Gasteiger partial charge in [0, 0.05) is 17.0 Å². The minimum atomic E-state index is -0.663. The summed E-state index contributed by atoms with van der Waals surface area (Å²) in [4.78, 5) is 12.9. The fraction of sp³-hybridized carbons (Fsp3) is 0.500. The summed E-state index contributed by atoms with van der Waals surface area (Å²) in [5.74, 6) is 0.0598. The van der Waals surface area contributed by atoms with Crippen LogP contribution < -0.4 is 10.7 Å². The number of piperidine rings is 1. The number of benzene rings is 1. The maximum atomic E-state index is 12.9. The van der Waals surface area contributed by atoms with Crippen LogP contribution in [-0.4, -0.2) is 17.3 Å². The zero-order chi connectivity index (χ0) is 16.0. The van der Waals surface area contributed by atoms with Gasteiger partial charge in [0.15, 0.2) is 5.43 Å². The molecule has 1 aromatic heterocycles. The number of hydrogen-bond donors (Lipinski definition) is 2. The Balaban J connectivity index is 1.82. The molecule has 0 radical (unpaired) electrons. The number of halogens is 1. The number of rotatable bonds is 1. The monoisotopic (exact) mass is 333 g/mol. The van der Waals surface area contributed by atoms with E-state index in [-0.39, 0.29) is 17.4 Å². The van der Waals surface area contributed by atoms with Crippen molar-refractivity contribution in [3.05, 3.63) is 45.3 Å². The van der Waals surface area contributed by atoms with E-state index in [4.69, 9.17) is 16.0 Å². The highest BCUT2D eigenvalue weighted by Crippen LogP contribution is 2.45. The van der Waals surface area contributed by atoms with Gasteiger partial charge in [-0.1, -0.05) is 24.4 Å². The smallest absolute Gasteiger partial charge is 0.197 e. The largest absolute Gasteiger partial charge is 0.464 e. The van der Waals surface area contributed by atoms with Crippen molar-refractivity contribution in [3.8, 4) is 0 Å². The zero-order valence-corrected chi connectivity index (χ0v) is 13.6. The lowest BCUT2D eigenvalue weighted by molar-refractivity contribution is -0.0864. The molecule has 2 aromatic rings. The molecule has 23 heavy (non-hydrogen) atoms. The zero-order valence-electron chi connectivity index (χ0n) is 12.8. The van der Waals surface area contributed by atoms with Crippen molar-refractivity contribution < 1.29 is 9.52 Å². The Morgan fingerprint density at radius 1 is 1.30 bits per heavy atom. The lowest BCUT2D eigenvalue weighted by Gasteiger charge is -2.48. The molecule has 4 rings (SSSR count). The molecule has 4 nitrogen and oxygen atoms in total. The summed E-state index contributed by atoms with van der Waals surface area (Å²) >= 11 is 6.03. The first-order valence-corrected chi connectivity index (χ1v) is 8.63. The Bertz CT molecular complexity index is 798. The third-order valence-electron chi connectivity index (χ3n) is 5.49. The molecule has 5 heteroatoms. The molecule has 0 bridgehead atoms. The van der Waals surface area contributed by atoms with E-state index in [0.717, 1.165) is 32.1 Å². The van der Waals surface area contributed by atoms with Gasteiger partial charge in [0.25, 0.3) is 0 Å². The molecule has 122 valence electrons. The molecule has 1 saturated heterocycles. The molecule has 0 spiro atoms. The Kier molecular flexibility index (Phi) is 3.71. The first-order valence-electron chi connectivity index (χ1n) is 8.25. The molecule has 2 aliphatic rings. The van der Waals surface area contributed by atoms with Gasteiger partial charge in [-0.05, 0) is 44.0 Å². The summed E-state index contributed by atoms with van der Waals surface area (Å²) < 4.78 is 5.66. The van der Waals surface area contributed by atoms with Crippen molar-refractivity contribution in [2.45, 2.75) is 43.7 Å². The maximum absolute atomic E-state index is 12.9. The summed E-state index contributed by atoms with van der Waals surface area (Å²) in [6, 6.07) is 4.93. The van der Waals surface area contributed by atoms with E-state index in [1.807, 2.05) is 0 Å². The first kappa shape index (κ1) is 15.2. The van der Waals surface area contributed by atoms with Crippen LogP contribution >= 0.6 is 11.6 Å². The summed E-state index contributed by atoms with van der Waals surface area (Å²) in [7, 11) is 0. The molecule has 1 aromatic carbocycles. The van der Waals surface area contributed by atoms with Crippen LogP contribution in [0.4, 0.5) is 0 Å². The molecule has 2 heterocycles. The van der Waals surface area contributed by atoms with Crippen molar-refractivity contribution in [2.75, 3.05) is 6.54 Å². The second kappa shape index (κ2) is 5.62. The van der Waals surface area contributed by atoms with Gasteiger partial charge in [-0.2, -0.15) is 0 Å². The molecule has 1 aliphatic heterocycles. The van der Waals surface area contributed by atoms with Crippen LogP contribution in [-0.2, 0) is 0 Å². The quantitative estimate of drug-likeness (QED) is 0.839. The minimum absolute atomic E-state index is 0.0546. The van der Waals surface area contributed by atoms with Crippen molar-refractivity contribution in [1.29, 1.82) is 0 Å². The highest BCUT2D eigenvalue weighted by molar-refractivity contribution is 6.31. The fourth-order valence-electron chi connectivity index (χ4n) is 4.28. The van der Waals surface area contributed by atoms with Crippen LogP contribution in [0.25, 0.3) is 11.0 Å². The normalized spacial score (nSPS) is 31.0. The Labute approximate surface area is 139 Å². The van der Waals surface area contributed by atoms with Gasteiger partial charge in [-0.3, -0.25) is 4.79 Å². The molecule has 1 aliphatic carbocycles. The Morgan fingerprint density at radius 2 is 2.17 bits per heavy atom. The van der Waals surface area contributed by atoms with Gasteiger partial charge in [0.1, 0.15) is 5.58 Å². The van der Waals surface area contributed by atoms with Gasteiger partial charge in [0.2, 0.25) is 0 Å². The summed E-state index contributed by atoms with van der Waals surface area (Å²) in [6.45, 7) is 0.713. The Morgan fingerprint density at radius 3 is 3.04 bits per heavy atom. The van der Waals surface area contributed by atoms with Gasteiger partial charge in [0.05, 0.1) is 22.8 Å². The molecular weight excluding hydrogens is 314 g/mol. The summed E-state index contributed by atoms with van der Waals surface area (Å²) in [5, 5.41) is 15.4. The van der Waals surface area contributed by atoms with Crippen LogP contribution in [0, 0.1) is 5.92 Å². The number of aliphatic hydroxyl groups is 1. The van der Waals surface area contributed by atoms with Crippen LogP contribution in [0.15, 0.2) is 33.7 Å². The second-order valence-corrected chi connectivity index (χ2v) is 7.23. The third kappa shape index (κ3) is 2.49. The van der Waals surface area contributed by atoms with Gasteiger partial charge in [-0.25, -0.2) is 0 Å². The number of nitrogens with one attached hydrogen (secondary N) is 1. The van der Waals surface area contributed by atoms with Crippen molar-refractivity contribution in [2.24, 2.45) is 5.92 Å². The van der Waals surface area contributed by atoms with Crippen LogP contribution in [0.3, 0.4) is 0 Å². The predicted molar refractivity (Wildman–Crippen MR) is 89.8 cm³/mol. The lowest BCUT2D eigenvalue weighted by Crippen LogP contribution is -2.54. The average Bonchev–Trinajstić information content (AvgIpc) is 2.55. The minimum Gasteiger partial charge on any atom is -0.464 e. The molecule has 2 fully saturated rings. The molecule has 0 unspecified atom stereocenters. The summed E-state index contributed by atoms with van der Waals surface area (Å²) in [5.41, 5.74) is 0.424. The average molecular weight is 334 g/mol. The van der Waals surface area contributed by atoms with Crippen LogP contribution in [0.1, 0.15) is 43.7 Å². The van der Waals surface area contributed by atoms with E-state index in [1.165, 1.54) is 0 Å². The van der Waals surface area contributed by atoms with E-state index in [0.29, 0.717) is 28.1 Å². The third-order valence-corrected chi connectivity index (χ3v) is 5.72. The highest BCUT2D eigenvalue weighted by atomic mass is 35.5. The van der Waals surface area contributed by atoms with Crippen LogP contribution in [0.5, 0.6) is 0 Å². The van der Waals surface area contributed by atoms with E-state index in [2.05, 4.69) is 5.32 Å². The van der Waals surface area contributed by atoms with Gasteiger partial charge >= 0.3 is 0 Å². The van der Waals surface area contributed by atoms with Crippen molar-refractivity contribution >= 4 is 22.6 Å². The highest BCUT2D eigenvalue weighted by Gasteiger charge is 2.46. The lowest BCUT2D eigenvalue weighted by atomic mass is 9.67. The fourth-order valence-corrected chi connectivity index (χ4v) is 4.45. The topological polar surface area (TPSA) is 62.5 Å².